The Hall–Kier alpha value is -1.63. The number of aliphatic imine (C=N–C) groups is 1. The van der Waals surface area contributed by atoms with E-state index in [1.807, 2.05) is 37.3 Å². The number of hydrogen-bond acceptors (Lipinski definition) is 1. The third-order valence-corrected chi connectivity index (χ3v) is 1.86. The van der Waals surface area contributed by atoms with Crippen molar-refractivity contribution in [1.29, 1.82) is 0 Å². The van der Waals surface area contributed by atoms with Crippen LogP contribution in [0.5, 0.6) is 0 Å². The molecule has 1 heteroatoms. The molecule has 1 aromatic rings. The van der Waals surface area contributed by atoms with Gasteiger partial charge >= 0.3 is 0 Å². The van der Waals surface area contributed by atoms with E-state index in [0.29, 0.717) is 0 Å². The van der Waals surface area contributed by atoms with Crippen LogP contribution in [-0.4, -0.2) is 5.71 Å². The summed E-state index contributed by atoms with van der Waals surface area (Å²) in [7, 11) is 0. The first kappa shape index (κ1) is 9.46. The van der Waals surface area contributed by atoms with Gasteiger partial charge in [0.1, 0.15) is 0 Å². The maximum absolute atomic E-state index is 4.14. The summed E-state index contributed by atoms with van der Waals surface area (Å²) in [5.41, 5.74) is 3.17. The Morgan fingerprint density at radius 3 is 2.62 bits per heavy atom. The first-order valence-corrected chi connectivity index (χ1v) is 4.16. The smallest absolute Gasteiger partial charge is 0.0450 e. The highest BCUT2D eigenvalue weighted by atomic mass is 14.7. The lowest BCUT2D eigenvalue weighted by molar-refractivity contribution is 1.49. The Morgan fingerprint density at radius 2 is 2.00 bits per heavy atom. The summed E-state index contributed by atoms with van der Waals surface area (Å²) in [6.45, 7) is 9.28. The Morgan fingerprint density at radius 1 is 1.31 bits per heavy atom. The Labute approximate surface area is 79.1 Å². The van der Waals surface area contributed by atoms with Gasteiger partial charge in [0.2, 0.25) is 0 Å². The first-order valence-electron chi connectivity index (χ1n) is 4.16. The van der Waals surface area contributed by atoms with Crippen LogP contribution in [0.1, 0.15) is 18.1 Å². The quantitative estimate of drug-likeness (QED) is 0.619. The van der Waals surface area contributed by atoms with Gasteiger partial charge in [0, 0.05) is 17.5 Å². The lowest BCUT2D eigenvalue weighted by atomic mass is 10.0. The minimum atomic E-state index is 0.963. The standard InChI is InChI=1S/C12H13N/c1-4-11-8-6-7-9-12(11)10(3)13-5-2/h4-9H,1-2H2,3H3/b13-10-. The molecule has 0 saturated carbocycles. The molecule has 0 spiro atoms. The van der Waals surface area contributed by atoms with Gasteiger partial charge in [-0.3, -0.25) is 4.99 Å². The second kappa shape index (κ2) is 4.41. The van der Waals surface area contributed by atoms with Crippen LogP contribution >= 0.6 is 0 Å². The molecule has 1 rings (SSSR count). The van der Waals surface area contributed by atoms with E-state index in [1.54, 1.807) is 6.20 Å². The number of hydrogen-bond donors (Lipinski definition) is 0. The maximum Gasteiger partial charge on any atom is 0.0450 e. The van der Waals surface area contributed by atoms with E-state index in [4.69, 9.17) is 0 Å². The molecule has 1 nitrogen and oxygen atoms in total. The minimum absolute atomic E-state index is 0.963. The predicted octanol–water partition coefficient (Wildman–Crippen LogP) is 3.28. The Kier molecular flexibility index (Phi) is 3.21. The van der Waals surface area contributed by atoms with E-state index in [-0.39, 0.29) is 0 Å². The molecule has 0 aliphatic heterocycles. The van der Waals surface area contributed by atoms with Crippen LogP contribution < -0.4 is 0 Å². The van der Waals surface area contributed by atoms with Crippen molar-refractivity contribution < 1.29 is 0 Å². The summed E-state index contributed by atoms with van der Waals surface area (Å²) in [5, 5.41) is 0. The summed E-state index contributed by atoms with van der Waals surface area (Å²) in [4.78, 5) is 4.14. The van der Waals surface area contributed by atoms with Gasteiger partial charge in [0.15, 0.2) is 0 Å². The zero-order chi connectivity index (χ0) is 9.68. The van der Waals surface area contributed by atoms with Gasteiger partial charge in [-0.25, -0.2) is 0 Å². The topological polar surface area (TPSA) is 12.4 Å². The van der Waals surface area contributed by atoms with E-state index in [0.717, 1.165) is 16.8 Å². The molecule has 13 heavy (non-hydrogen) atoms. The van der Waals surface area contributed by atoms with Gasteiger partial charge in [-0.2, -0.15) is 0 Å². The van der Waals surface area contributed by atoms with Crippen molar-refractivity contribution in [2.75, 3.05) is 0 Å². The fraction of sp³-hybridized carbons (Fsp3) is 0.0833. The van der Waals surface area contributed by atoms with Crippen LogP contribution in [0.15, 0.2) is 48.6 Å². The molecular formula is C12H13N. The highest BCUT2D eigenvalue weighted by Gasteiger charge is 1.99. The van der Waals surface area contributed by atoms with Crippen LogP contribution in [-0.2, 0) is 0 Å². The van der Waals surface area contributed by atoms with Crippen LogP contribution in [0.4, 0.5) is 0 Å². The summed E-state index contributed by atoms with van der Waals surface area (Å²) >= 11 is 0. The second-order valence-electron chi connectivity index (χ2n) is 2.69. The minimum Gasteiger partial charge on any atom is -0.262 e. The van der Waals surface area contributed by atoms with Crippen LogP contribution in [0, 0.1) is 0 Å². The van der Waals surface area contributed by atoms with Gasteiger partial charge in [-0.05, 0) is 12.5 Å². The second-order valence-corrected chi connectivity index (χ2v) is 2.69. The molecule has 0 aliphatic carbocycles. The van der Waals surface area contributed by atoms with Crippen molar-refractivity contribution in [3.8, 4) is 0 Å². The molecule has 66 valence electrons. The summed E-state index contributed by atoms with van der Waals surface area (Å²) in [6.07, 6.45) is 3.38. The average molecular weight is 171 g/mol. The Bertz CT molecular complexity index is 348. The van der Waals surface area contributed by atoms with Crippen molar-refractivity contribution >= 4 is 11.8 Å². The third-order valence-electron chi connectivity index (χ3n) is 1.86. The van der Waals surface area contributed by atoms with Crippen LogP contribution in [0.25, 0.3) is 6.08 Å². The number of nitrogens with zero attached hydrogens (tertiary/aromatic N) is 1. The lowest BCUT2D eigenvalue weighted by Gasteiger charge is -2.03. The SMILES string of the molecule is C=C/N=C(/C)c1ccccc1C=C. The lowest BCUT2D eigenvalue weighted by Crippen LogP contribution is -1.96. The molecule has 0 bridgehead atoms. The van der Waals surface area contributed by atoms with Gasteiger partial charge < -0.3 is 0 Å². The maximum atomic E-state index is 4.14. The molecule has 0 fully saturated rings. The monoisotopic (exact) mass is 171 g/mol. The molecule has 0 radical (unpaired) electrons. The highest BCUT2D eigenvalue weighted by Crippen LogP contribution is 2.11. The highest BCUT2D eigenvalue weighted by molar-refractivity contribution is 6.01. The predicted molar refractivity (Wildman–Crippen MR) is 58.9 cm³/mol. The zero-order valence-corrected chi connectivity index (χ0v) is 7.83. The van der Waals surface area contributed by atoms with Gasteiger partial charge in [0.25, 0.3) is 0 Å². The average Bonchev–Trinajstić information content (AvgIpc) is 2.18. The molecule has 0 aromatic heterocycles. The van der Waals surface area contributed by atoms with Crippen molar-refractivity contribution in [3.63, 3.8) is 0 Å². The molecule has 0 heterocycles. The summed E-state index contributed by atoms with van der Waals surface area (Å²) in [5.74, 6) is 0. The molecule has 0 unspecified atom stereocenters. The van der Waals surface area contributed by atoms with Crippen molar-refractivity contribution in [2.45, 2.75) is 6.92 Å². The van der Waals surface area contributed by atoms with Crippen LogP contribution in [0.2, 0.25) is 0 Å². The third kappa shape index (κ3) is 2.15. The van der Waals surface area contributed by atoms with E-state index in [2.05, 4.69) is 18.2 Å². The van der Waals surface area contributed by atoms with E-state index in [9.17, 15) is 0 Å². The van der Waals surface area contributed by atoms with Gasteiger partial charge in [-0.1, -0.05) is 43.5 Å². The van der Waals surface area contributed by atoms with E-state index in [1.165, 1.54) is 0 Å². The van der Waals surface area contributed by atoms with Crippen LogP contribution in [0.3, 0.4) is 0 Å². The normalized spacial score (nSPS) is 11.0. The molecule has 1 aromatic carbocycles. The van der Waals surface area contributed by atoms with Crippen molar-refractivity contribution in [1.82, 2.24) is 0 Å². The molecule has 0 atom stereocenters. The number of benzene rings is 1. The van der Waals surface area contributed by atoms with Gasteiger partial charge in [-0.15, -0.1) is 0 Å². The van der Waals surface area contributed by atoms with E-state index < -0.39 is 0 Å². The molecule has 0 aliphatic rings. The van der Waals surface area contributed by atoms with E-state index >= 15 is 0 Å². The number of rotatable bonds is 3. The molecule has 0 N–H and O–H groups in total. The largest absolute Gasteiger partial charge is 0.262 e. The van der Waals surface area contributed by atoms with Crippen molar-refractivity contribution in [3.05, 3.63) is 54.8 Å². The Balaban J connectivity index is 3.20. The fourth-order valence-electron chi connectivity index (χ4n) is 1.21. The molecule has 0 amide bonds. The zero-order valence-electron chi connectivity index (χ0n) is 7.83. The van der Waals surface area contributed by atoms with Crippen molar-refractivity contribution in [2.24, 2.45) is 4.99 Å². The fourth-order valence-corrected chi connectivity index (χ4v) is 1.21. The first-order chi connectivity index (χ1) is 6.29. The molecule has 0 saturated heterocycles. The molecular weight excluding hydrogens is 158 g/mol. The summed E-state index contributed by atoms with van der Waals surface area (Å²) < 4.78 is 0. The summed E-state index contributed by atoms with van der Waals surface area (Å²) in [6, 6.07) is 8.02. The van der Waals surface area contributed by atoms with Gasteiger partial charge in [0.05, 0.1) is 0 Å².